The van der Waals surface area contributed by atoms with Crippen molar-refractivity contribution in [3.05, 3.63) is 53.7 Å². The molecule has 7 bridgehead atoms. The van der Waals surface area contributed by atoms with Gasteiger partial charge in [0.05, 0.1) is 40.9 Å². The third-order valence-corrected chi connectivity index (χ3v) is 10.3. The molecule has 0 saturated carbocycles. The Morgan fingerprint density at radius 3 is 2.27 bits per heavy atom. The minimum atomic E-state index is -1.96. The molecule has 9 unspecified atom stereocenters. The molecule has 0 saturated heterocycles. The standard InChI is InChI=1S/C38H46N2O11/c1-16-11-10-12-17(2)37-39-15-23-28(40-37)33(46)26-25(32(23)45)27-35(21(6)31(26)44)51-38(8,36(27)47)49-14-13-24(48-9)18(3)34(50-22(7)41)20(5)30(43)19(4)29(16)42/h10-16,18-20,24,29-30,34,42-46H,1-9H3/b11-10+,14-13+,17-12-. The van der Waals surface area contributed by atoms with Crippen LogP contribution in [0.25, 0.3) is 27.2 Å². The SMILES string of the molecule is COC1/C=C/OC2(C)Oc3c(C)c(O)c4c(O)c5nc(ncc5c(O)c4c3C2=O)/C(C)=C\C=C\C(C)C(O)C(C)C(O)C(C)C(OC(C)=O)C1C. The second-order valence-electron chi connectivity index (χ2n) is 13.8. The molecule has 13 heteroatoms. The van der Waals surface area contributed by atoms with Crippen molar-refractivity contribution in [1.29, 1.82) is 0 Å². The molecule has 0 aliphatic carbocycles. The van der Waals surface area contributed by atoms with Gasteiger partial charge in [-0.25, -0.2) is 9.97 Å². The molecule has 1 aromatic heterocycles. The van der Waals surface area contributed by atoms with Crippen molar-refractivity contribution in [1.82, 2.24) is 9.97 Å². The lowest BCUT2D eigenvalue weighted by molar-refractivity contribution is -0.160. The lowest BCUT2D eigenvalue weighted by Gasteiger charge is -2.38. The Morgan fingerprint density at radius 1 is 0.941 bits per heavy atom. The summed E-state index contributed by atoms with van der Waals surface area (Å²) in [6, 6.07) is 0. The van der Waals surface area contributed by atoms with E-state index in [9.17, 15) is 35.1 Å². The van der Waals surface area contributed by atoms with Crippen LogP contribution in [0.15, 0.2) is 36.8 Å². The van der Waals surface area contributed by atoms with Gasteiger partial charge in [-0.05, 0) is 25.5 Å². The van der Waals surface area contributed by atoms with Crippen molar-refractivity contribution in [2.45, 2.75) is 85.6 Å². The number of benzene rings is 2. The highest BCUT2D eigenvalue weighted by molar-refractivity contribution is 6.23. The molecule has 0 amide bonds. The highest BCUT2D eigenvalue weighted by Crippen LogP contribution is 2.54. The molecule has 0 radical (unpaired) electrons. The van der Waals surface area contributed by atoms with E-state index in [4.69, 9.17) is 18.9 Å². The molecule has 0 fully saturated rings. The fraction of sp³-hybridized carbons (Fsp3) is 0.474. The van der Waals surface area contributed by atoms with Gasteiger partial charge in [-0.1, -0.05) is 45.9 Å². The van der Waals surface area contributed by atoms with Crippen molar-refractivity contribution < 1.29 is 54.1 Å². The van der Waals surface area contributed by atoms with Gasteiger partial charge in [0.15, 0.2) is 11.6 Å². The van der Waals surface area contributed by atoms with Crippen molar-refractivity contribution in [3.63, 3.8) is 0 Å². The van der Waals surface area contributed by atoms with Crippen LogP contribution in [0, 0.1) is 30.6 Å². The minimum Gasteiger partial charge on any atom is -0.507 e. The Labute approximate surface area is 295 Å². The quantitative estimate of drug-likeness (QED) is 0.132. The van der Waals surface area contributed by atoms with Gasteiger partial charge < -0.3 is 44.5 Å². The first-order valence-electron chi connectivity index (χ1n) is 16.8. The number of ether oxygens (including phenoxy) is 4. The number of rotatable bonds is 2. The highest BCUT2D eigenvalue weighted by Gasteiger charge is 2.49. The fourth-order valence-electron chi connectivity index (χ4n) is 7.08. The fourth-order valence-corrected chi connectivity index (χ4v) is 7.08. The minimum absolute atomic E-state index is 0.0343. The van der Waals surface area contributed by atoms with E-state index in [-0.39, 0.29) is 44.4 Å². The molecule has 2 aromatic carbocycles. The Hall–Kier alpha value is -4.72. The second-order valence-corrected chi connectivity index (χ2v) is 13.8. The predicted molar refractivity (Wildman–Crippen MR) is 188 cm³/mol. The van der Waals surface area contributed by atoms with E-state index < -0.39 is 82.9 Å². The number of hydrogen-bond donors (Lipinski definition) is 5. The number of allylic oxidation sites excluding steroid dienone is 3. The van der Waals surface area contributed by atoms with E-state index in [0.717, 1.165) is 0 Å². The smallest absolute Gasteiger partial charge is 0.312 e. The Morgan fingerprint density at radius 2 is 1.63 bits per heavy atom. The predicted octanol–water partition coefficient (Wildman–Crippen LogP) is 5.22. The van der Waals surface area contributed by atoms with Crippen LogP contribution in [-0.4, -0.2) is 84.6 Å². The molecule has 274 valence electrons. The Bertz CT molecular complexity index is 1970. The van der Waals surface area contributed by atoms with Crippen LogP contribution >= 0.6 is 0 Å². The number of carbonyl (C=O) groups excluding carboxylic acids is 2. The third kappa shape index (κ3) is 6.49. The largest absolute Gasteiger partial charge is 0.507 e. The Balaban J connectivity index is 1.70. The maximum Gasteiger partial charge on any atom is 0.312 e. The summed E-state index contributed by atoms with van der Waals surface area (Å²) in [5, 5.41) is 56.8. The second kappa shape index (κ2) is 14.1. The molecule has 51 heavy (non-hydrogen) atoms. The molecule has 3 aromatic rings. The Kier molecular flexibility index (Phi) is 10.4. The topological polar surface area (TPSA) is 198 Å². The van der Waals surface area contributed by atoms with Crippen LogP contribution < -0.4 is 4.74 Å². The van der Waals surface area contributed by atoms with Gasteiger partial charge in [-0.3, -0.25) is 9.59 Å². The number of ketones is 1. The van der Waals surface area contributed by atoms with Gasteiger partial charge in [0.1, 0.15) is 28.9 Å². The summed E-state index contributed by atoms with van der Waals surface area (Å²) in [7, 11) is 1.45. The van der Waals surface area contributed by atoms with E-state index in [0.29, 0.717) is 5.57 Å². The van der Waals surface area contributed by atoms with Crippen LogP contribution in [-0.2, 0) is 19.0 Å². The first-order chi connectivity index (χ1) is 23.9. The number of esters is 1. The molecule has 3 aliphatic heterocycles. The van der Waals surface area contributed by atoms with Crippen LogP contribution in [0.2, 0.25) is 0 Å². The van der Waals surface area contributed by atoms with Gasteiger partial charge in [0.25, 0.3) is 5.78 Å². The van der Waals surface area contributed by atoms with Gasteiger partial charge >= 0.3 is 11.8 Å². The van der Waals surface area contributed by atoms with Gasteiger partial charge in [0, 0.05) is 61.8 Å². The van der Waals surface area contributed by atoms with E-state index in [2.05, 4.69) is 9.97 Å². The molecule has 9 atom stereocenters. The number of carbonyl (C=O) groups is 2. The maximum absolute atomic E-state index is 14.1. The van der Waals surface area contributed by atoms with Crippen molar-refractivity contribution in [2.24, 2.45) is 23.7 Å². The van der Waals surface area contributed by atoms with E-state index in [1.165, 1.54) is 46.4 Å². The number of fused-ring (bicyclic) bond motifs is 12. The van der Waals surface area contributed by atoms with Gasteiger partial charge in [-0.15, -0.1) is 0 Å². The lowest BCUT2D eigenvalue weighted by Crippen LogP contribution is -2.46. The monoisotopic (exact) mass is 706 g/mol. The summed E-state index contributed by atoms with van der Waals surface area (Å²) >= 11 is 0. The molecule has 0 spiro atoms. The molecule has 6 rings (SSSR count). The van der Waals surface area contributed by atoms with E-state index >= 15 is 0 Å². The number of aromatic nitrogens is 2. The molecule has 4 heterocycles. The highest BCUT2D eigenvalue weighted by atomic mass is 16.7. The number of aliphatic hydroxyl groups is 2. The number of nitrogens with zero attached hydrogens (tertiary/aromatic N) is 2. The van der Waals surface area contributed by atoms with E-state index in [1.807, 2.05) is 6.92 Å². The van der Waals surface area contributed by atoms with Crippen LogP contribution in [0.1, 0.15) is 70.2 Å². The number of Topliss-reactive ketones (excluding diaryl/α,β-unsaturated/α-hetero) is 1. The summed E-state index contributed by atoms with van der Waals surface area (Å²) in [4.78, 5) is 35.2. The van der Waals surface area contributed by atoms with Gasteiger partial charge in [0.2, 0.25) is 0 Å². The number of aliphatic hydroxyl groups excluding tert-OH is 2. The first kappa shape index (κ1) is 37.5. The van der Waals surface area contributed by atoms with Gasteiger partial charge in [-0.2, -0.15) is 0 Å². The number of phenols is 3. The average molecular weight is 707 g/mol. The van der Waals surface area contributed by atoms with Crippen LogP contribution in [0.4, 0.5) is 0 Å². The zero-order valence-corrected chi connectivity index (χ0v) is 30.2. The maximum atomic E-state index is 14.1. The summed E-state index contributed by atoms with van der Waals surface area (Å²) in [5.74, 6) is -6.61. The number of methoxy groups -OCH3 is 1. The van der Waals surface area contributed by atoms with Crippen molar-refractivity contribution in [3.8, 4) is 23.0 Å². The summed E-state index contributed by atoms with van der Waals surface area (Å²) < 4.78 is 23.4. The zero-order chi connectivity index (χ0) is 37.7. The van der Waals surface area contributed by atoms with Crippen LogP contribution in [0.5, 0.6) is 23.0 Å². The van der Waals surface area contributed by atoms with E-state index in [1.54, 1.807) is 45.9 Å². The molecular weight excluding hydrogens is 660 g/mol. The summed E-state index contributed by atoms with van der Waals surface area (Å²) in [6.45, 7) is 12.9. The summed E-state index contributed by atoms with van der Waals surface area (Å²) in [5.41, 5.74) is 0.551. The number of phenolic OH excluding ortho intramolecular Hbond substituents is 3. The molecule has 3 aliphatic rings. The third-order valence-electron chi connectivity index (χ3n) is 10.3. The average Bonchev–Trinajstić information content (AvgIpc) is 3.36. The number of aromatic hydroxyl groups is 3. The normalized spacial score (nSPS) is 32.5. The summed E-state index contributed by atoms with van der Waals surface area (Å²) in [6.07, 6.45) is 5.58. The zero-order valence-electron chi connectivity index (χ0n) is 30.2. The first-order valence-corrected chi connectivity index (χ1v) is 16.8. The molecule has 13 nitrogen and oxygen atoms in total. The van der Waals surface area contributed by atoms with Crippen molar-refractivity contribution >= 4 is 39.0 Å². The lowest BCUT2D eigenvalue weighted by atomic mass is 9.78. The molecule has 5 N–H and O–H groups in total. The van der Waals surface area contributed by atoms with Crippen LogP contribution in [0.3, 0.4) is 0 Å². The molecular formula is C38H46N2O11. The van der Waals surface area contributed by atoms with Crippen molar-refractivity contribution in [2.75, 3.05) is 7.11 Å². The number of hydrogen-bond acceptors (Lipinski definition) is 13.